The van der Waals surface area contributed by atoms with E-state index in [4.69, 9.17) is 0 Å². The van der Waals surface area contributed by atoms with Crippen molar-refractivity contribution in [3.63, 3.8) is 0 Å². The molecule has 0 saturated carbocycles. The number of fused-ring (bicyclic) bond motifs is 3. The van der Waals surface area contributed by atoms with Gasteiger partial charge in [0.05, 0.1) is 23.4 Å². The van der Waals surface area contributed by atoms with E-state index in [-0.39, 0.29) is 11.0 Å². The molecule has 120 valence electrons. The first-order valence-electron chi connectivity index (χ1n) is 7.02. The first-order valence-corrected chi connectivity index (χ1v) is 7.02. The summed E-state index contributed by atoms with van der Waals surface area (Å²) in [6.07, 6.45) is 4.74. The van der Waals surface area contributed by atoms with Gasteiger partial charge in [0.2, 0.25) is 0 Å². The Morgan fingerprint density at radius 1 is 0.833 bits per heavy atom. The minimum atomic E-state index is -2.93. The third-order valence-electron chi connectivity index (χ3n) is 3.89. The lowest BCUT2D eigenvalue weighted by Crippen LogP contribution is -1.99. The topological polar surface area (TPSA) is 30.7 Å². The number of halogens is 4. The maximum Gasteiger partial charge on any atom is 0.319 e. The van der Waals surface area contributed by atoms with Gasteiger partial charge in [0.25, 0.3) is 0 Å². The van der Waals surface area contributed by atoms with Crippen molar-refractivity contribution in [2.24, 2.45) is 0 Å². The van der Waals surface area contributed by atoms with E-state index in [2.05, 4.69) is 9.97 Å². The van der Waals surface area contributed by atoms with E-state index in [1.54, 1.807) is 12.1 Å². The minimum Gasteiger partial charge on any atom is -0.281 e. The van der Waals surface area contributed by atoms with Gasteiger partial charge in [0.15, 0.2) is 5.82 Å². The Morgan fingerprint density at radius 3 is 2.38 bits per heavy atom. The molecule has 4 aromatic rings. The average molecular weight is 331 g/mol. The van der Waals surface area contributed by atoms with Gasteiger partial charge in [0.1, 0.15) is 5.82 Å². The summed E-state index contributed by atoms with van der Waals surface area (Å²) in [5, 5.41) is 0.750. The lowest BCUT2D eigenvalue weighted by Gasteiger charge is -2.07. The molecule has 0 aliphatic heterocycles. The van der Waals surface area contributed by atoms with Crippen molar-refractivity contribution in [1.82, 2.24) is 14.5 Å². The lowest BCUT2D eigenvalue weighted by molar-refractivity contribution is 0.0791. The first kappa shape index (κ1) is 14.6. The fourth-order valence-corrected chi connectivity index (χ4v) is 2.90. The van der Waals surface area contributed by atoms with E-state index in [1.807, 2.05) is 0 Å². The number of aromatic nitrogens is 3. The van der Waals surface area contributed by atoms with Gasteiger partial charge >= 0.3 is 6.55 Å². The molecule has 0 fully saturated rings. The van der Waals surface area contributed by atoms with Crippen LogP contribution in [0.4, 0.5) is 17.6 Å². The monoisotopic (exact) mass is 331 g/mol. The highest BCUT2D eigenvalue weighted by atomic mass is 19.3. The van der Waals surface area contributed by atoms with Gasteiger partial charge < -0.3 is 0 Å². The Kier molecular flexibility index (Phi) is 3.23. The largest absolute Gasteiger partial charge is 0.319 e. The zero-order valence-corrected chi connectivity index (χ0v) is 12.0. The summed E-state index contributed by atoms with van der Waals surface area (Å²) in [7, 11) is 0. The molecule has 0 spiro atoms. The van der Waals surface area contributed by atoms with Crippen LogP contribution in [0.25, 0.3) is 32.9 Å². The summed E-state index contributed by atoms with van der Waals surface area (Å²) in [4.78, 5) is 7.49. The molecule has 0 atom stereocenters. The third kappa shape index (κ3) is 2.12. The fraction of sp³-hybridized carbons (Fsp3) is 0.0588. The predicted octanol–water partition coefficient (Wildman–Crippen LogP) is 4.92. The molecule has 0 saturated heterocycles. The molecule has 24 heavy (non-hydrogen) atoms. The van der Waals surface area contributed by atoms with Crippen LogP contribution in [0.15, 0.2) is 49.1 Å². The number of nitrogens with zero attached hydrogens (tertiary/aromatic N) is 3. The molecule has 0 aliphatic rings. The summed E-state index contributed by atoms with van der Waals surface area (Å²) in [6.45, 7) is -2.93. The van der Waals surface area contributed by atoms with Gasteiger partial charge in [-0.2, -0.15) is 8.78 Å². The molecule has 3 heterocycles. The van der Waals surface area contributed by atoms with Gasteiger partial charge in [-0.1, -0.05) is 12.1 Å². The van der Waals surface area contributed by atoms with Crippen molar-refractivity contribution in [2.75, 3.05) is 0 Å². The third-order valence-corrected chi connectivity index (χ3v) is 3.89. The van der Waals surface area contributed by atoms with Crippen LogP contribution < -0.4 is 0 Å². The molecule has 0 amide bonds. The molecule has 3 nitrogen and oxygen atoms in total. The average Bonchev–Trinajstić information content (AvgIpc) is 2.90. The molecular weight excluding hydrogens is 322 g/mol. The molecule has 0 N–H and O–H groups in total. The van der Waals surface area contributed by atoms with Crippen LogP contribution in [0.1, 0.15) is 6.55 Å². The number of hydrogen-bond donors (Lipinski definition) is 0. The van der Waals surface area contributed by atoms with E-state index in [0.717, 1.165) is 12.4 Å². The van der Waals surface area contributed by atoms with Crippen molar-refractivity contribution < 1.29 is 17.6 Å². The van der Waals surface area contributed by atoms with Crippen LogP contribution in [-0.4, -0.2) is 14.5 Å². The van der Waals surface area contributed by atoms with Gasteiger partial charge in [-0.25, -0.2) is 8.78 Å². The number of alkyl halides is 2. The SMILES string of the molecule is Fc1cncc(-c2ccc3c4cncc(F)c4n(C(F)F)c3c2)c1. The number of rotatable bonds is 2. The minimum absolute atomic E-state index is 0.147. The van der Waals surface area contributed by atoms with Crippen LogP contribution in [0.3, 0.4) is 0 Å². The summed E-state index contributed by atoms with van der Waals surface area (Å²) < 4.78 is 55.1. The molecule has 0 bridgehead atoms. The van der Waals surface area contributed by atoms with E-state index in [0.29, 0.717) is 26.5 Å². The summed E-state index contributed by atoms with van der Waals surface area (Å²) in [5.74, 6) is -1.35. The Bertz CT molecular complexity index is 1070. The number of pyridine rings is 2. The van der Waals surface area contributed by atoms with Crippen LogP contribution in [0.5, 0.6) is 0 Å². The fourth-order valence-electron chi connectivity index (χ4n) is 2.90. The second-order valence-corrected chi connectivity index (χ2v) is 5.29. The smallest absolute Gasteiger partial charge is 0.281 e. The van der Waals surface area contributed by atoms with E-state index in [9.17, 15) is 17.6 Å². The Hall–Kier alpha value is -2.96. The maximum atomic E-state index is 14.0. The van der Waals surface area contributed by atoms with E-state index < -0.39 is 18.2 Å². The molecular formula is C17H9F4N3. The lowest BCUT2D eigenvalue weighted by atomic mass is 10.1. The second-order valence-electron chi connectivity index (χ2n) is 5.29. The van der Waals surface area contributed by atoms with Gasteiger partial charge in [0, 0.05) is 28.7 Å². The Morgan fingerprint density at radius 2 is 1.62 bits per heavy atom. The van der Waals surface area contributed by atoms with Gasteiger partial charge in [-0.15, -0.1) is 0 Å². The van der Waals surface area contributed by atoms with Gasteiger partial charge in [-0.3, -0.25) is 14.5 Å². The number of hydrogen-bond acceptors (Lipinski definition) is 2. The van der Waals surface area contributed by atoms with Gasteiger partial charge in [-0.05, 0) is 17.7 Å². The molecule has 0 radical (unpaired) electrons. The molecule has 0 aliphatic carbocycles. The standard InChI is InChI=1S/C17H9F4N3/c18-11-3-10(5-22-6-11)9-1-2-12-13-7-23-8-14(19)16(13)24(17(20)21)15(12)4-9/h1-8,17H. The number of benzene rings is 1. The summed E-state index contributed by atoms with van der Waals surface area (Å²) in [5.41, 5.74) is 0.896. The highest BCUT2D eigenvalue weighted by molar-refractivity contribution is 6.08. The Labute approximate surface area is 133 Å². The van der Waals surface area contributed by atoms with Crippen molar-refractivity contribution >= 4 is 21.8 Å². The zero-order valence-electron chi connectivity index (χ0n) is 12.0. The van der Waals surface area contributed by atoms with E-state index >= 15 is 0 Å². The normalized spacial score (nSPS) is 11.7. The van der Waals surface area contributed by atoms with Crippen LogP contribution in [0.2, 0.25) is 0 Å². The van der Waals surface area contributed by atoms with E-state index in [1.165, 1.54) is 24.5 Å². The molecule has 1 aromatic carbocycles. The zero-order chi connectivity index (χ0) is 16.8. The maximum absolute atomic E-state index is 14.0. The van der Waals surface area contributed by atoms with Crippen LogP contribution >= 0.6 is 0 Å². The second kappa shape index (κ2) is 5.30. The molecule has 3 aromatic heterocycles. The summed E-state index contributed by atoms with van der Waals surface area (Å²) >= 11 is 0. The van der Waals surface area contributed by atoms with Crippen LogP contribution in [-0.2, 0) is 0 Å². The summed E-state index contributed by atoms with van der Waals surface area (Å²) in [6, 6.07) is 5.97. The quantitative estimate of drug-likeness (QED) is 0.488. The highest BCUT2D eigenvalue weighted by Gasteiger charge is 2.20. The van der Waals surface area contributed by atoms with Crippen molar-refractivity contribution in [2.45, 2.75) is 6.55 Å². The van der Waals surface area contributed by atoms with Crippen LogP contribution in [0, 0.1) is 11.6 Å². The Balaban J connectivity index is 2.08. The van der Waals surface area contributed by atoms with Crippen molar-refractivity contribution in [3.05, 3.63) is 60.7 Å². The predicted molar refractivity (Wildman–Crippen MR) is 81.6 cm³/mol. The van der Waals surface area contributed by atoms with Crippen molar-refractivity contribution in [3.8, 4) is 11.1 Å². The molecule has 0 unspecified atom stereocenters. The van der Waals surface area contributed by atoms with Crippen molar-refractivity contribution in [1.29, 1.82) is 0 Å². The molecule has 4 rings (SSSR count). The highest BCUT2D eigenvalue weighted by Crippen LogP contribution is 2.36. The first-order chi connectivity index (χ1) is 11.6. The molecule has 7 heteroatoms.